The lowest BCUT2D eigenvalue weighted by molar-refractivity contribution is 0.458. The molecule has 33 heavy (non-hydrogen) atoms. The van der Waals surface area contributed by atoms with Crippen molar-refractivity contribution in [3.05, 3.63) is 85.8 Å². The lowest BCUT2D eigenvalue weighted by Gasteiger charge is -2.33. The van der Waals surface area contributed by atoms with Crippen LogP contribution in [0.25, 0.3) is 11.2 Å². The molecule has 1 aliphatic heterocycles. The van der Waals surface area contributed by atoms with E-state index in [1.807, 2.05) is 4.57 Å². The van der Waals surface area contributed by atoms with Crippen LogP contribution in [0.3, 0.4) is 0 Å². The van der Waals surface area contributed by atoms with Crippen molar-refractivity contribution < 1.29 is 4.39 Å². The molecule has 0 bridgehead atoms. The van der Waals surface area contributed by atoms with E-state index < -0.39 is 5.69 Å². The van der Waals surface area contributed by atoms with Crippen molar-refractivity contribution in [1.82, 2.24) is 18.7 Å². The molecule has 8 heteroatoms. The van der Waals surface area contributed by atoms with Gasteiger partial charge in [-0.05, 0) is 60.7 Å². The minimum Gasteiger partial charge on any atom is -0.312 e. The van der Waals surface area contributed by atoms with E-state index in [1.54, 1.807) is 19.2 Å². The first-order valence-corrected chi connectivity index (χ1v) is 11.0. The molecule has 0 spiro atoms. The Morgan fingerprint density at radius 3 is 2.45 bits per heavy atom. The number of hydrogen-bond donors (Lipinski definition) is 0. The fraction of sp³-hybridized carbons (Fsp3) is 0.320. The van der Waals surface area contributed by atoms with Gasteiger partial charge in [0.2, 0.25) is 5.95 Å². The summed E-state index contributed by atoms with van der Waals surface area (Å²) < 4.78 is 17.9. The van der Waals surface area contributed by atoms with Gasteiger partial charge in [-0.3, -0.25) is 13.9 Å². The Bertz CT molecular complexity index is 1500. The zero-order valence-corrected chi connectivity index (χ0v) is 19.2. The maximum atomic E-state index is 13.6. The maximum Gasteiger partial charge on any atom is 0.332 e. The summed E-state index contributed by atoms with van der Waals surface area (Å²) in [5.74, 6) is 0.580. The molecular formula is C25H26FN5O2. The Kier molecular flexibility index (Phi) is 4.96. The predicted octanol–water partition coefficient (Wildman–Crippen LogP) is 3.49. The van der Waals surface area contributed by atoms with Gasteiger partial charge in [-0.25, -0.2) is 9.18 Å². The standard InChI is InChI=1S/C25H26FN5O2/c1-15-12-29(20-10-5-16(2)17(3)11-20)24-27-22-21(30(24)13-15)23(32)31(25(33)28(22)4)14-18-6-8-19(26)9-7-18/h5-11,15H,12-14H2,1-4H3/t15-/m1/s1. The number of aryl methyl sites for hydroxylation is 3. The summed E-state index contributed by atoms with van der Waals surface area (Å²) in [5.41, 5.74) is 4.04. The highest BCUT2D eigenvalue weighted by atomic mass is 19.1. The van der Waals surface area contributed by atoms with Crippen LogP contribution in [0.2, 0.25) is 0 Å². The molecule has 0 saturated heterocycles. The van der Waals surface area contributed by atoms with E-state index >= 15 is 0 Å². The molecule has 0 unspecified atom stereocenters. The number of fused-ring (bicyclic) bond motifs is 3. The monoisotopic (exact) mass is 447 g/mol. The third-order valence-corrected chi connectivity index (χ3v) is 6.50. The van der Waals surface area contributed by atoms with E-state index in [1.165, 1.54) is 32.4 Å². The van der Waals surface area contributed by atoms with Crippen LogP contribution in [0.1, 0.15) is 23.6 Å². The van der Waals surface area contributed by atoms with Gasteiger partial charge in [-0.1, -0.05) is 25.1 Å². The summed E-state index contributed by atoms with van der Waals surface area (Å²) in [6, 6.07) is 12.1. The number of halogens is 1. The number of hydrogen-bond acceptors (Lipinski definition) is 4. The van der Waals surface area contributed by atoms with Crippen molar-refractivity contribution in [1.29, 1.82) is 0 Å². The maximum absolute atomic E-state index is 13.6. The SMILES string of the molecule is Cc1ccc(N2C[C@@H](C)Cn3c2nc2c3c(=O)n(Cc3ccc(F)cc3)c(=O)n2C)cc1C. The Hall–Kier alpha value is -3.68. The van der Waals surface area contributed by atoms with Crippen molar-refractivity contribution in [3.8, 4) is 0 Å². The summed E-state index contributed by atoms with van der Waals surface area (Å²) >= 11 is 0. The molecule has 2 aromatic carbocycles. The van der Waals surface area contributed by atoms with E-state index in [4.69, 9.17) is 4.98 Å². The second kappa shape index (κ2) is 7.72. The van der Waals surface area contributed by atoms with Gasteiger partial charge in [0.05, 0.1) is 6.54 Å². The van der Waals surface area contributed by atoms with Crippen molar-refractivity contribution in [2.45, 2.75) is 33.9 Å². The average Bonchev–Trinajstić information content (AvgIpc) is 3.17. The van der Waals surface area contributed by atoms with Crippen molar-refractivity contribution in [3.63, 3.8) is 0 Å². The highest BCUT2D eigenvalue weighted by molar-refractivity contribution is 5.77. The number of benzene rings is 2. The second-order valence-electron chi connectivity index (χ2n) is 9.04. The van der Waals surface area contributed by atoms with Gasteiger partial charge >= 0.3 is 5.69 Å². The fourth-order valence-electron chi connectivity index (χ4n) is 4.53. The Morgan fingerprint density at radius 1 is 1.03 bits per heavy atom. The molecule has 0 N–H and O–H groups in total. The number of aromatic nitrogens is 4. The zero-order valence-electron chi connectivity index (χ0n) is 19.2. The number of imidazole rings is 1. The fourth-order valence-corrected chi connectivity index (χ4v) is 4.53. The van der Waals surface area contributed by atoms with E-state index in [0.29, 0.717) is 29.2 Å². The normalized spacial score (nSPS) is 15.8. The molecule has 0 aliphatic carbocycles. The lowest BCUT2D eigenvalue weighted by Crippen LogP contribution is -2.40. The van der Waals surface area contributed by atoms with Crippen molar-refractivity contribution in [2.75, 3.05) is 11.4 Å². The molecular weight excluding hydrogens is 421 g/mol. The molecule has 0 radical (unpaired) electrons. The zero-order chi connectivity index (χ0) is 23.4. The van der Waals surface area contributed by atoms with Crippen LogP contribution < -0.4 is 16.1 Å². The molecule has 170 valence electrons. The molecule has 1 aliphatic rings. The summed E-state index contributed by atoms with van der Waals surface area (Å²) in [6.07, 6.45) is 0. The summed E-state index contributed by atoms with van der Waals surface area (Å²) in [7, 11) is 1.63. The molecule has 5 rings (SSSR count). The third-order valence-electron chi connectivity index (χ3n) is 6.50. The van der Waals surface area contributed by atoms with Gasteiger partial charge in [-0.15, -0.1) is 0 Å². The van der Waals surface area contributed by atoms with Crippen LogP contribution in [0.4, 0.5) is 16.0 Å². The van der Waals surface area contributed by atoms with Gasteiger partial charge in [0.25, 0.3) is 5.56 Å². The first kappa shape index (κ1) is 21.2. The van der Waals surface area contributed by atoms with Crippen LogP contribution in [-0.4, -0.2) is 25.2 Å². The number of anilines is 2. The van der Waals surface area contributed by atoms with Gasteiger partial charge in [0.1, 0.15) is 5.82 Å². The van der Waals surface area contributed by atoms with Crippen LogP contribution in [0.5, 0.6) is 0 Å². The Balaban J connectivity index is 1.71. The van der Waals surface area contributed by atoms with Crippen molar-refractivity contribution >= 4 is 22.8 Å². The van der Waals surface area contributed by atoms with Crippen LogP contribution >= 0.6 is 0 Å². The largest absolute Gasteiger partial charge is 0.332 e. The number of rotatable bonds is 3. The predicted molar refractivity (Wildman–Crippen MR) is 127 cm³/mol. The molecule has 0 saturated carbocycles. The van der Waals surface area contributed by atoms with Gasteiger partial charge in [-0.2, -0.15) is 4.98 Å². The van der Waals surface area contributed by atoms with E-state index in [9.17, 15) is 14.0 Å². The van der Waals surface area contributed by atoms with E-state index in [-0.39, 0.29) is 23.8 Å². The van der Waals surface area contributed by atoms with Gasteiger partial charge < -0.3 is 9.47 Å². The Morgan fingerprint density at radius 2 is 1.76 bits per heavy atom. The third kappa shape index (κ3) is 3.46. The number of nitrogens with zero attached hydrogens (tertiary/aromatic N) is 5. The molecule has 1 atom stereocenters. The smallest absolute Gasteiger partial charge is 0.312 e. The summed E-state index contributed by atoms with van der Waals surface area (Å²) in [5, 5.41) is 0. The van der Waals surface area contributed by atoms with Crippen LogP contribution in [-0.2, 0) is 20.1 Å². The molecule has 4 aromatic rings. The van der Waals surface area contributed by atoms with Crippen LogP contribution in [0, 0.1) is 25.6 Å². The average molecular weight is 448 g/mol. The summed E-state index contributed by atoms with van der Waals surface area (Å²) in [4.78, 5) is 33.5. The van der Waals surface area contributed by atoms with Gasteiger partial charge in [0, 0.05) is 25.8 Å². The highest BCUT2D eigenvalue weighted by Crippen LogP contribution is 2.33. The highest BCUT2D eigenvalue weighted by Gasteiger charge is 2.30. The lowest BCUT2D eigenvalue weighted by atomic mass is 10.1. The first-order chi connectivity index (χ1) is 15.7. The molecule has 0 fully saturated rings. The van der Waals surface area contributed by atoms with Crippen LogP contribution in [0.15, 0.2) is 52.1 Å². The Labute approximate surface area is 190 Å². The summed E-state index contributed by atoms with van der Waals surface area (Å²) in [6.45, 7) is 7.76. The first-order valence-electron chi connectivity index (χ1n) is 11.0. The minimum atomic E-state index is -0.446. The van der Waals surface area contributed by atoms with Crippen molar-refractivity contribution in [2.24, 2.45) is 13.0 Å². The minimum absolute atomic E-state index is 0.0681. The molecule has 3 heterocycles. The second-order valence-corrected chi connectivity index (χ2v) is 9.04. The quantitative estimate of drug-likeness (QED) is 0.482. The van der Waals surface area contributed by atoms with Gasteiger partial charge in [0.15, 0.2) is 11.2 Å². The van der Waals surface area contributed by atoms with E-state index in [2.05, 4.69) is 43.9 Å². The molecule has 7 nitrogen and oxygen atoms in total. The molecule has 0 amide bonds. The topological polar surface area (TPSA) is 65.1 Å². The van der Waals surface area contributed by atoms with E-state index in [0.717, 1.165) is 12.2 Å². The molecule has 2 aromatic heterocycles.